The Morgan fingerprint density at radius 3 is 2.80 bits per heavy atom. The van der Waals surface area contributed by atoms with E-state index >= 15 is 0 Å². The van der Waals surface area contributed by atoms with Crippen molar-refractivity contribution < 1.29 is 13.9 Å². The van der Waals surface area contributed by atoms with Crippen LogP contribution in [0.25, 0.3) is 16.8 Å². The minimum atomic E-state index is -0.402. The summed E-state index contributed by atoms with van der Waals surface area (Å²) in [6.07, 6.45) is 1.78. The third kappa shape index (κ3) is 4.12. The Labute approximate surface area is 177 Å². The van der Waals surface area contributed by atoms with Crippen molar-refractivity contribution in [1.82, 2.24) is 14.3 Å². The van der Waals surface area contributed by atoms with Gasteiger partial charge in [0.2, 0.25) is 0 Å². The number of aromatic nitrogens is 3. The highest BCUT2D eigenvalue weighted by molar-refractivity contribution is 5.96. The smallest absolute Gasteiger partial charge is 0.350 e. The molecule has 0 fully saturated rings. The maximum atomic E-state index is 12.8. The van der Waals surface area contributed by atoms with Crippen molar-refractivity contribution in [3.8, 4) is 22.6 Å². The monoisotopic (exact) mass is 431 g/mol. The third-order valence-electron chi connectivity index (χ3n) is 4.57. The number of rotatable bonds is 5. The van der Waals surface area contributed by atoms with Gasteiger partial charge in [0.1, 0.15) is 12.1 Å². The van der Waals surface area contributed by atoms with Crippen LogP contribution in [-0.2, 0) is 11.3 Å². The van der Waals surface area contributed by atoms with Gasteiger partial charge in [-0.3, -0.25) is 4.79 Å². The predicted molar refractivity (Wildman–Crippen MR) is 113 cm³/mol. The Kier molecular flexibility index (Phi) is 6.34. The number of halogens is 2. The molecule has 3 N–H and O–H groups in total. The number of nitrogens with two attached hydrogens (primary N) is 1. The molecule has 0 atom stereocenters. The molecule has 4 rings (SSSR count). The number of ether oxygens (including phenoxy) is 1. The maximum Gasteiger partial charge on any atom is 0.350 e. The summed E-state index contributed by atoms with van der Waals surface area (Å²) in [6.45, 7) is -0.00882. The van der Waals surface area contributed by atoms with Crippen molar-refractivity contribution in [1.29, 1.82) is 0 Å². The Morgan fingerprint density at radius 2 is 2.03 bits per heavy atom. The number of nitrogens with zero attached hydrogens (tertiary/aromatic N) is 3. The van der Waals surface area contributed by atoms with E-state index in [2.05, 4.69) is 10.4 Å². The van der Waals surface area contributed by atoms with E-state index in [0.29, 0.717) is 23.5 Å². The lowest BCUT2D eigenvalue weighted by Gasteiger charge is -2.18. The van der Waals surface area contributed by atoms with Crippen LogP contribution in [0.5, 0.6) is 5.75 Å². The lowest BCUT2D eigenvalue weighted by molar-refractivity contribution is -0.118. The first kappa shape index (κ1) is 21.3. The molecule has 0 radical (unpaired) electrons. The second kappa shape index (κ2) is 8.93. The summed E-state index contributed by atoms with van der Waals surface area (Å²) in [7, 11) is 0. The van der Waals surface area contributed by atoms with Gasteiger partial charge in [-0.15, -0.1) is 12.4 Å². The molecule has 8 nitrogen and oxygen atoms in total. The summed E-state index contributed by atoms with van der Waals surface area (Å²) < 4.78 is 20.7. The van der Waals surface area contributed by atoms with Gasteiger partial charge < -0.3 is 15.8 Å². The van der Waals surface area contributed by atoms with Crippen LogP contribution in [0.3, 0.4) is 0 Å². The van der Waals surface area contributed by atoms with E-state index in [9.17, 15) is 14.0 Å². The summed E-state index contributed by atoms with van der Waals surface area (Å²) in [5, 5.41) is 6.82. The minimum absolute atomic E-state index is 0. The average molecular weight is 432 g/mol. The Balaban J connectivity index is 0.00000256. The highest BCUT2D eigenvalue weighted by Crippen LogP contribution is 2.33. The molecule has 2 aromatic carbocycles. The molecular weight excluding hydrogens is 413 g/mol. The maximum absolute atomic E-state index is 12.8. The quantitative estimate of drug-likeness (QED) is 0.645. The molecule has 1 aliphatic rings. The molecule has 1 amide bonds. The Bertz CT molecular complexity index is 1170. The summed E-state index contributed by atoms with van der Waals surface area (Å²) in [4.78, 5) is 24.2. The van der Waals surface area contributed by atoms with Crippen LogP contribution in [0.1, 0.15) is 0 Å². The zero-order valence-corrected chi connectivity index (χ0v) is 16.6. The van der Waals surface area contributed by atoms with Crippen LogP contribution < -0.4 is 21.5 Å². The van der Waals surface area contributed by atoms with Gasteiger partial charge >= 0.3 is 5.69 Å². The van der Waals surface area contributed by atoms with E-state index in [-0.39, 0.29) is 43.6 Å². The molecule has 3 aromatic rings. The predicted octanol–water partition coefficient (Wildman–Crippen LogP) is 2.27. The molecule has 10 heteroatoms. The fourth-order valence-corrected chi connectivity index (χ4v) is 3.06. The van der Waals surface area contributed by atoms with Gasteiger partial charge in [-0.05, 0) is 41.0 Å². The molecule has 30 heavy (non-hydrogen) atoms. The van der Waals surface area contributed by atoms with Crippen LogP contribution in [0.4, 0.5) is 10.1 Å². The van der Waals surface area contributed by atoms with Gasteiger partial charge in [0.05, 0.1) is 24.2 Å². The van der Waals surface area contributed by atoms with Gasteiger partial charge in [-0.1, -0.05) is 18.2 Å². The van der Waals surface area contributed by atoms with Crippen molar-refractivity contribution in [3.63, 3.8) is 0 Å². The number of fused-ring (bicyclic) bond motifs is 1. The second-order valence-corrected chi connectivity index (χ2v) is 6.51. The molecule has 0 unspecified atom stereocenters. The highest BCUT2D eigenvalue weighted by atomic mass is 35.5. The van der Waals surface area contributed by atoms with Gasteiger partial charge in [-0.2, -0.15) is 5.10 Å². The first-order chi connectivity index (χ1) is 14.1. The number of amides is 1. The molecule has 0 bridgehead atoms. The number of carbonyl (C=O) groups is 1. The van der Waals surface area contributed by atoms with E-state index in [4.69, 9.17) is 10.5 Å². The lowest BCUT2D eigenvalue weighted by atomic mass is 10.0. The largest absolute Gasteiger partial charge is 0.482 e. The normalized spacial score (nSPS) is 13.1. The average Bonchev–Trinajstić information content (AvgIpc) is 3.11. The number of carbonyl (C=O) groups excluding carboxylic acids is 1. The van der Waals surface area contributed by atoms with Gasteiger partial charge in [0, 0.05) is 6.54 Å². The summed E-state index contributed by atoms with van der Waals surface area (Å²) in [5.41, 5.74) is 8.21. The number of anilines is 1. The Hall–Kier alpha value is -3.43. The number of hydrogen-bond acceptors (Lipinski definition) is 5. The SMILES string of the molecule is Cl.NC/C(=C\F)Cn1ncn(-c2cccc(-c3ccc4c(c3)NC(=O)CO4)c2)c1=O. The van der Waals surface area contributed by atoms with E-state index in [1.165, 1.54) is 10.9 Å². The lowest BCUT2D eigenvalue weighted by Crippen LogP contribution is -2.26. The number of hydrogen-bond donors (Lipinski definition) is 2. The summed E-state index contributed by atoms with van der Waals surface area (Å²) in [5.74, 6) is 0.403. The van der Waals surface area contributed by atoms with Crippen molar-refractivity contribution >= 4 is 24.0 Å². The highest BCUT2D eigenvalue weighted by Gasteiger charge is 2.16. The van der Waals surface area contributed by atoms with E-state index in [0.717, 1.165) is 15.8 Å². The molecule has 0 spiro atoms. The summed E-state index contributed by atoms with van der Waals surface area (Å²) in [6, 6.07) is 12.8. The van der Waals surface area contributed by atoms with Crippen molar-refractivity contribution in [2.75, 3.05) is 18.5 Å². The van der Waals surface area contributed by atoms with Crippen LogP contribution >= 0.6 is 12.4 Å². The van der Waals surface area contributed by atoms with Crippen LogP contribution in [0, 0.1) is 0 Å². The van der Waals surface area contributed by atoms with Crippen LogP contribution in [0.15, 0.2) is 65.5 Å². The number of nitrogens with one attached hydrogen (secondary N) is 1. The molecule has 156 valence electrons. The number of benzene rings is 2. The minimum Gasteiger partial charge on any atom is -0.482 e. The topological polar surface area (TPSA) is 104 Å². The van der Waals surface area contributed by atoms with E-state index in [1.54, 1.807) is 12.1 Å². The molecular formula is C20H19ClFN5O3. The fraction of sp³-hybridized carbons (Fsp3) is 0.150. The van der Waals surface area contributed by atoms with Crippen molar-refractivity contribution in [2.24, 2.45) is 5.73 Å². The second-order valence-electron chi connectivity index (χ2n) is 6.51. The van der Waals surface area contributed by atoms with E-state index in [1.807, 2.05) is 30.3 Å². The van der Waals surface area contributed by atoms with Gasteiger partial charge in [-0.25, -0.2) is 18.4 Å². The zero-order valence-electron chi connectivity index (χ0n) is 15.7. The fourth-order valence-electron chi connectivity index (χ4n) is 3.06. The van der Waals surface area contributed by atoms with Gasteiger partial charge in [0.15, 0.2) is 6.61 Å². The molecule has 1 aromatic heterocycles. The van der Waals surface area contributed by atoms with Crippen molar-refractivity contribution in [2.45, 2.75) is 6.54 Å². The molecule has 0 saturated carbocycles. The first-order valence-corrected chi connectivity index (χ1v) is 8.89. The first-order valence-electron chi connectivity index (χ1n) is 8.89. The third-order valence-corrected chi connectivity index (χ3v) is 4.57. The standard InChI is InChI=1S/C20H18FN5O3.ClH/c21-8-13(9-22)10-26-20(28)25(12-23-26)16-3-1-2-14(6-16)15-4-5-18-17(7-15)24-19(27)11-29-18;/h1-8,12H,9-11,22H2,(H,24,27);1H/b13-8+;. The van der Waals surface area contributed by atoms with Crippen LogP contribution in [-0.4, -0.2) is 33.4 Å². The molecule has 0 aliphatic carbocycles. The molecule has 1 aliphatic heterocycles. The summed E-state index contributed by atoms with van der Waals surface area (Å²) >= 11 is 0. The zero-order chi connectivity index (χ0) is 20.4. The Morgan fingerprint density at radius 1 is 1.23 bits per heavy atom. The van der Waals surface area contributed by atoms with Crippen molar-refractivity contribution in [3.05, 3.63) is 71.2 Å². The molecule has 2 heterocycles. The van der Waals surface area contributed by atoms with Gasteiger partial charge in [0.25, 0.3) is 5.91 Å². The van der Waals surface area contributed by atoms with E-state index < -0.39 is 5.69 Å². The van der Waals surface area contributed by atoms with Crippen LogP contribution in [0.2, 0.25) is 0 Å². The molecule has 0 saturated heterocycles.